The van der Waals surface area contributed by atoms with Crippen molar-refractivity contribution in [2.24, 2.45) is 5.92 Å². The number of anilines is 1. The van der Waals surface area contributed by atoms with Crippen LogP contribution in [0.2, 0.25) is 0 Å². The van der Waals surface area contributed by atoms with Crippen molar-refractivity contribution in [1.29, 1.82) is 0 Å². The molecule has 1 aliphatic rings. The first-order chi connectivity index (χ1) is 9.97. The average Bonchev–Trinajstić information content (AvgIpc) is 2.85. The Bertz CT molecular complexity index is 639. The smallest absolute Gasteiger partial charge is 0.123 e. The van der Waals surface area contributed by atoms with Crippen LogP contribution in [0.5, 0.6) is 0 Å². The summed E-state index contributed by atoms with van der Waals surface area (Å²) < 4.78 is 8.01. The van der Waals surface area contributed by atoms with E-state index in [0.29, 0.717) is 18.5 Å². The molecule has 1 saturated carbocycles. The van der Waals surface area contributed by atoms with Crippen LogP contribution < -0.4 is 5.32 Å². The Hall–Kier alpha value is -1.71. The lowest BCUT2D eigenvalue weighted by molar-refractivity contribution is 0.468. The van der Waals surface area contributed by atoms with Crippen molar-refractivity contribution >= 4 is 5.69 Å². The lowest BCUT2D eigenvalue weighted by Gasteiger charge is -2.09. The Morgan fingerprint density at radius 1 is 1.38 bits per heavy atom. The van der Waals surface area contributed by atoms with E-state index in [-0.39, 0.29) is 0 Å². The van der Waals surface area contributed by atoms with E-state index in [1.54, 1.807) is 0 Å². The number of furan rings is 1. The van der Waals surface area contributed by atoms with E-state index in [0.717, 1.165) is 28.8 Å². The standard InChI is InChI=1S/C17H25N3O/c1-10(2)20-13(5)17(12(4)19-20)18-9-14-6-7-16(21-14)15-8-11(15)3/h6-7,10-11,15,18H,8-9H2,1-5H3. The second-order valence-electron chi connectivity index (χ2n) is 6.56. The molecule has 0 aromatic carbocycles. The van der Waals surface area contributed by atoms with Crippen LogP contribution in [0, 0.1) is 19.8 Å². The van der Waals surface area contributed by atoms with E-state index in [1.807, 2.05) is 6.92 Å². The monoisotopic (exact) mass is 287 g/mol. The molecule has 0 bridgehead atoms. The van der Waals surface area contributed by atoms with E-state index < -0.39 is 0 Å². The molecule has 2 heterocycles. The van der Waals surface area contributed by atoms with Gasteiger partial charge in [-0.05, 0) is 52.2 Å². The molecule has 4 nitrogen and oxygen atoms in total. The van der Waals surface area contributed by atoms with Gasteiger partial charge in [0.1, 0.15) is 11.5 Å². The zero-order valence-electron chi connectivity index (χ0n) is 13.6. The van der Waals surface area contributed by atoms with Gasteiger partial charge in [0.05, 0.1) is 23.6 Å². The van der Waals surface area contributed by atoms with Crippen LogP contribution in [0.25, 0.3) is 0 Å². The van der Waals surface area contributed by atoms with Gasteiger partial charge in [-0.1, -0.05) is 6.92 Å². The first kappa shape index (κ1) is 14.2. The zero-order chi connectivity index (χ0) is 15.1. The third kappa shape index (κ3) is 2.71. The summed E-state index contributed by atoms with van der Waals surface area (Å²) in [6.07, 6.45) is 1.26. The summed E-state index contributed by atoms with van der Waals surface area (Å²) >= 11 is 0. The number of hydrogen-bond acceptors (Lipinski definition) is 3. The number of aromatic nitrogens is 2. The summed E-state index contributed by atoms with van der Waals surface area (Å²) in [6.45, 7) is 11.5. The molecule has 1 fully saturated rings. The summed E-state index contributed by atoms with van der Waals surface area (Å²) in [6, 6.07) is 4.60. The lowest BCUT2D eigenvalue weighted by atomic mass is 10.2. The van der Waals surface area contributed by atoms with Gasteiger partial charge in [-0.2, -0.15) is 5.10 Å². The van der Waals surface area contributed by atoms with Crippen LogP contribution in [-0.2, 0) is 6.54 Å². The third-order valence-electron chi connectivity index (χ3n) is 4.41. The zero-order valence-corrected chi connectivity index (χ0v) is 13.6. The van der Waals surface area contributed by atoms with Gasteiger partial charge in [-0.25, -0.2) is 0 Å². The first-order valence-corrected chi connectivity index (χ1v) is 7.85. The molecule has 1 N–H and O–H groups in total. The van der Waals surface area contributed by atoms with Crippen LogP contribution in [0.3, 0.4) is 0 Å². The molecule has 3 rings (SSSR count). The Morgan fingerprint density at radius 3 is 2.67 bits per heavy atom. The molecular formula is C17H25N3O. The van der Waals surface area contributed by atoms with Gasteiger partial charge in [0.25, 0.3) is 0 Å². The van der Waals surface area contributed by atoms with Crippen LogP contribution in [0.4, 0.5) is 5.69 Å². The maximum atomic E-state index is 5.94. The second kappa shape index (κ2) is 5.24. The molecule has 2 aromatic heterocycles. The average molecular weight is 287 g/mol. The highest BCUT2D eigenvalue weighted by Crippen LogP contribution is 2.47. The predicted molar refractivity (Wildman–Crippen MR) is 84.6 cm³/mol. The Morgan fingerprint density at radius 2 is 2.10 bits per heavy atom. The Labute approximate surface area is 126 Å². The fourth-order valence-electron chi connectivity index (χ4n) is 3.00. The summed E-state index contributed by atoms with van der Waals surface area (Å²) in [5.74, 6) is 3.57. The fourth-order valence-corrected chi connectivity index (χ4v) is 3.00. The normalized spacial score (nSPS) is 21.0. The van der Waals surface area contributed by atoms with Crippen molar-refractivity contribution in [2.45, 2.75) is 59.5 Å². The summed E-state index contributed by atoms with van der Waals surface area (Å²) in [5, 5.41) is 8.08. The molecule has 1 aliphatic carbocycles. The van der Waals surface area contributed by atoms with Gasteiger partial charge in [0.15, 0.2) is 0 Å². The molecule has 0 spiro atoms. The van der Waals surface area contributed by atoms with Crippen molar-refractivity contribution in [2.75, 3.05) is 5.32 Å². The Balaban J connectivity index is 1.69. The highest BCUT2D eigenvalue weighted by molar-refractivity contribution is 5.52. The van der Waals surface area contributed by atoms with Gasteiger partial charge in [0.2, 0.25) is 0 Å². The van der Waals surface area contributed by atoms with E-state index >= 15 is 0 Å². The number of nitrogens with zero attached hydrogens (tertiary/aromatic N) is 2. The maximum absolute atomic E-state index is 5.94. The number of nitrogens with one attached hydrogen (secondary N) is 1. The number of rotatable bonds is 5. The summed E-state index contributed by atoms with van der Waals surface area (Å²) in [5.41, 5.74) is 3.36. The van der Waals surface area contributed by atoms with Crippen LogP contribution in [-0.4, -0.2) is 9.78 Å². The molecule has 2 aromatic rings. The second-order valence-corrected chi connectivity index (χ2v) is 6.56. The van der Waals surface area contributed by atoms with Gasteiger partial charge in [-0.15, -0.1) is 0 Å². The first-order valence-electron chi connectivity index (χ1n) is 7.85. The van der Waals surface area contributed by atoms with Crippen molar-refractivity contribution in [3.63, 3.8) is 0 Å². The number of aryl methyl sites for hydroxylation is 1. The lowest BCUT2D eigenvalue weighted by Crippen LogP contribution is -2.06. The van der Waals surface area contributed by atoms with Crippen LogP contribution >= 0.6 is 0 Å². The minimum Gasteiger partial charge on any atom is -0.464 e. The van der Waals surface area contributed by atoms with Gasteiger partial charge < -0.3 is 9.73 Å². The van der Waals surface area contributed by atoms with E-state index in [4.69, 9.17) is 4.42 Å². The molecule has 2 atom stereocenters. The molecule has 21 heavy (non-hydrogen) atoms. The minimum atomic E-state index is 0.380. The predicted octanol–water partition coefficient (Wildman–Crippen LogP) is 4.41. The van der Waals surface area contributed by atoms with Crippen LogP contribution in [0.1, 0.15) is 62.1 Å². The molecule has 0 saturated heterocycles. The summed E-state index contributed by atoms with van der Waals surface area (Å²) in [7, 11) is 0. The third-order valence-corrected chi connectivity index (χ3v) is 4.41. The molecule has 2 unspecified atom stereocenters. The van der Waals surface area contributed by atoms with Crippen molar-refractivity contribution in [3.8, 4) is 0 Å². The quantitative estimate of drug-likeness (QED) is 0.885. The molecular weight excluding hydrogens is 262 g/mol. The SMILES string of the molecule is Cc1nn(C(C)C)c(C)c1NCc1ccc(C2CC2C)o1. The molecule has 0 amide bonds. The minimum absolute atomic E-state index is 0.380. The largest absolute Gasteiger partial charge is 0.464 e. The molecule has 0 radical (unpaired) electrons. The maximum Gasteiger partial charge on any atom is 0.123 e. The van der Waals surface area contributed by atoms with E-state index in [1.165, 1.54) is 12.1 Å². The van der Waals surface area contributed by atoms with Gasteiger partial charge in [0, 0.05) is 12.0 Å². The van der Waals surface area contributed by atoms with Crippen LogP contribution in [0.15, 0.2) is 16.5 Å². The topological polar surface area (TPSA) is 43.0 Å². The fraction of sp³-hybridized carbons (Fsp3) is 0.588. The van der Waals surface area contributed by atoms with Gasteiger partial charge in [-0.3, -0.25) is 4.68 Å². The van der Waals surface area contributed by atoms with E-state index in [9.17, 15) is 0 Å². The summed E-state index contributed by atoms with van der Waals surface area (Å²) in [4.78, 5) is 0. The highest BCUT2D eigenvalue weighted by Gasteiger charge is 2.36. The van der Waals surface area contributed by atoms with Crippen molar-refractivity contribution in [1.82, 2.24) is 9.78 Å². The molecule has 4 heteroatoms. The highest BCUT2D eigenvalue weighted by atomic mass is 16.3. The molecule has 0 aliphatic heterocycles. The van der Waals surface area contributed by atoms with E-state index in [2.05, 4.69) is 54.9 Å². The molecule has 114 valence electrons. The van der Waals surface area contributed by atoms with Gasteiger partial charge >= 0.3 is 0 Å². The number of hydrogen-bond donors (Lipinski definition) is 1. The Kier molecular flexibility index (Phi) is 3.56. The van der Waals surface area contributed by atoms with Crippen molar-refractivity contribution < 1.29 is 4.42 Å². The van der Waals surface area contributed by atoms with Crippen molar-refractivity contribution in [3.05, 3.63) is 35.0 Å².